The van der Waals surface area contributed by atoms with E-state index in [2.05, 4.69) is 36.5 Å². The summed E-state index contributed by atoms with van der Waals surface area (Å²) in [7, 11) is 0. The van der Waals surface area contributed by atoms with Gasteiger partial charge in [-0.05, 0) is 80.4 Å². The lowest BCUT2D eigenvalue weighted by atomic mass is 9.42. The van der Waals surface area contributed by atoms with Crippen molar-refractivity contribution < 1.29 is 14.3 Å². The summed E-state index contributed by atoms with van der Waals surface area (Å²) in [5.41, 5.74) is 2.71. The highest BCUT2D eigenvalue weighted by atomic mass is 16.6. The van der Waals surface area contributed by atoms with Gasteiger partial charge in [-0.2, -0.15) is 0 Å². The lowest BCUT2D eigenvalue weighted by Gasteiger charge is -2.61. The smallest absolute Gasteiger partial charge is 0.226 e. The minimum atomic E-state index is -0.220. The van der Waals surface area contributed by atoms with Gasteiger partial charge in [0.05, 0.1) is 12.0 Å². The molecule has 4 saturated carbocycles. The Morgan fingerprint density at radius 2 is 1.71 bits per heavy atom. The van der Waals surface area contributed by atoms with Crippen LogP contribution in [0.3, 0.4) is 0 Å². The zero-order valence-electron chi connectivity index (χ0n) is 18.2. The van der Waals surface area contributed by atoms with Crippen molar-refractivity contribution in [3.8, 4) is 11.5 Å². The van der Waals surface area contributed by atoms with Crippen molar-refractivity contribution in [1.29, 1.82) is 0 Å². The summed E-state index contributed by atoms with van der Waals surface area (Å²) in [6.45, 7) is 3.12. The Hall–Kier alpha value is -2.49. The normalized spacial score (nSPS) is 35.1. The van der Waals surface area contributed by atoms with Gasteiger partial charge in [0.2, 0.25) is 5.91 Å². The molecule has 7 rings (SSSR count). The molecule has 1 aliphatic heterocycles. The molecule has 0 saturated heterocycles. The number of rotatable bonds is 4. The van der Waals surface area contributed by atoms with Crippen molar-refractivity contribution in [2.75, 3.05) is 13.2 Å². The molecule has 1 amide bonds. The highest BCUT2D eigenvalue weighted by Crippen LogP contribution is 2.65. The van der Waals surface area contributed by atoms with Gasteiger partial charge >= 0.3 is 0 Å². The fourth-order valence-corrected chi connectivity index (χ4v) is 7.33. The molecule has 4 fully saturated rings. The predicted molar refractivity (Wildman–Crippen MR) is 119 cm³/mol. The van der Waals surface area contributed by atoms with E-state index < -0.39 is 0 Å². The molecule has 0 spiro atoms. The van der Waals surface area contributed by atoms with Gasteiger partial charge in [0.25, 0.3) is 0 Å². The van der Waals surface area contributed by atoms with Crippen LogP contribution >= 0.6 is 0 Å². The summed E-state index contributed by atoms with van der Waals surface area (Å²) < 4.78 is 11.9. The van der Waals surface area contributed by atoms with E-state index in [1.807, 2.05) is 24.3 Å². The van der Waals surface area contributed by atoms with Crippen molar-refractivity contribution in [1.82, 2.24) is 5.32 Å². The van der Waals surface area contributed by atoms with Crippen LogP contribution in [0.1, 0.15) is 49.7 Å². The molecule has 1 N–H and O–H groups in total. The molecule has 4 aliphatic carbocycles. The Bertz CT molecular complexity index is 984. The number of para-hydroxylation sites is 2. The first-order valence-corrected chi connectivity index (χ1v) is 11.8. The Morgan fingerprint density at radius 3 is 2.45 bits per heavy atom. The first-order chi connectivity index (χ1) is 15.0. The van der Waals surface area contributed by atoms with E-state index >= 15 is 0 Å². The standard InChI is InChI=1S/C27H31NO3/c1-18-6-8-21(9-7-18)26-11-19-10-20(12-26)14-27(13-19,17-26)25(29)28-15-22-16-30-23-4-2-3-5-24(23)31-22/h2-9,19-20,22H,10-17H2,1H3,(H,28,29)/t19-,20-,22-,26?,27?/m1/s1. The molecular weight excluding hydrogens is 386 g/mol. The molecule has 5 aliphatic rings. The minimum Gasteiger partial charge on any atom is -0.486 e. The number of amides is 1. The van der Waals surface area contributed by atoms with Gasteiger partial charge in [0.15, 0.2) is 11.5 Å². The Labute approximate surface area is 184 Å². The van der Waals surface area contributed by atoms with E-state index in [0.717, 1.165) is 30.8 Å². The number of hydrogen-bond acceptors (Lipinski definition) is 3. The third-order valence-electron chi connectivity index (χ3n) is 8.26. The van der Waals surface area contributed by atoms with Crippen molar-refractivity contribution in [2.24, 2.45) is 17.3 Å². The van der Waals surface area contributed by atoms with Crippen molar-refractivity contribution in [3.63, 3.8) is 0 Å². The van der Waals surface area contributed by atoms with Gasteiger partial charge in [-0.3, -0.25) is 4.79 Å². The molecule has 0 unspecified atom stereocenters. The number of carbonyl (C=O) groups excluding carboxylic acids is 1. The van der Waals surface area contributed by atoms with Crippen LogP contribution in [0.4, 0.5) is 0 Å². The SMILES string of the molecule is Cc1ccc(C23C[C@H]4C[C@@H](CC(C(=O)NC[C@@H]5COc6ccccc6O5)(C4)C2)C3)cc1. The highest BCUT2D eigenvalue weighted by Gasteiger charge is 2.60. The van der Waals surface area contributed by atoms with Crippen LogP contribution in [0.2, 0.25) is 0 Å². The topological polar surface area (TPSA) is 47.6 Å². The van der Waals surface area contributed by atoms with Gasteiger partial charge in [-0.25, -0.2) is 0 Å². The summed E-state index contributed by atoms with van der Waals surface area (Å²) in [5, 5.41) is 3.27. The van der Waals surface area contributed by atoms with Gasteiger partial charge in [0, 0.05) is 0 Å². The summed E-state index contributed by atoms with van der Waals surface area (Å²) >= 11 is 0. The summed E-state index contributed by atoms with van der Waals surface area (Å²) in [4.78, 5) is 13.6. The number of aryl methyl sites for hydroxylation is 1. The van der Waals surface area contributed by atoms with Gasteiger partial charge in [-0.1, -0.05) is 42.0 Å². The molecule has 0 aromatic heterocycles. The molecule has 4 heteroatoms. The fourth-order valence-electron chi connectivity index (χ4n) is 7.33. The van der Waals surface area contributed by atoms with Crippen molar-refractivity contribution in [3.05, 3.63) is 59.7 Å². The zero-order chi connectivity index (χ0) is 21.1. The lowest BCUT2D eigenvalue weighted by molar-refractivity contribution is -0.149. The van der Waals surface area contributed by atoms with E-state index in [1.54, 1.807) is 0 Å². The predicted octanol–water partition coefficient (Wildman–Crippen LogP) is 4.79. The van der Waals surface area contributed by atoms with E-state index in [0.29, 0.717) is 25.0 Å². The lowest BCUT2D eigenvalue weighted by Crippen LogP contribution is -2.59. The molecule has 1 heterocycles. The average molecular weight is 418 g/mol. The molecule has 4 nitrogen and oxygen atoms in total. The Morgan fingerprint density at radius 1 is 1.00 bits per heavy atom. The van der Waals surface area contributed by atoms with Crippen LogP contribution in [0.5, 0.6) is 11.5 Å². The van der Waals surface area contributed by atoms with Crippen LogP contribution in [0.25, 0.3) is 0 Å². The van der Waals surface area contributed by atoms with E-state index in [4.69, 9.17) is 9.47 Å². The van der Waals surface area contributed by atoms with Crippen LogP contribution in [-0.4, -0.2) is 25.2 Å². The minimum absolute atomic E-state index is 0.140. The maximum atomic E-state index is 13.6. The molecule has 162 valence electrons. The molecule has 2 aromatic rings. The first-order valence-electron chi connectivity index (χ1n) is 11.8. The van der Waals surface area contributed by atoms with Crippen LogP contribution in [-0.2, 0) is 10.2 Å². The maximum absolute atomic E-state index is 13.6. The molecule has 3 atom stereocenters. The highest BCUT2D eigenvalue weighted by molar-refractivity contribution is 5.83. The quantitative estimate of drug-likeness (QED) is 0.778. The Kier molecular flexibility index (Phi) is 4.35. The third-order valence-corrected chi connectivity index (χ3v) is 8.26. The van der Waals surface area contributed by atoms with E-state index in [1.165, 1.54) is 30.4 Å². The number of nitrogens with one attached hydrogen (secondary N) is 1. The second-order valence-electron chi connectivity index (χ2n) is 10.6. The van der Waals surface area contributed by atoms with Crippen molar-refractivity contribution >= 4 is 5.91 Å². The number of hydrogen-bond donors (Lipinski definition) is 1. The zero-order valence-corrected chi connectivity index (χ0v) is 18.2. The summed E-state index contributed by atoms with van der Waals surface area (Å²) in [6.07, 6.45) is 6.75. The van der Waals surface area contributed by atoms with Gasteiger partial charge < -0.3 is 14.8 Å². The Balaban J connectivity index is 1.19. The fraction of sp³-hybridized carbons (Fsp3) is 0.519. The summed E-state index contributed by atoms with van der Waals surface area (Å²) in [5.74, 6) is 3.14. The number of ether oxygens (including phenoxy) is 2. The van der Waals surface area contributed by atoms with Crippen molar-refractivity contribution in [2.45, 2.75) is 57.0 Å². The molecular formula is C27H31NO3. The van der Waals surface area contributed by atoms with Crippen LogP contribution in [0, 0.1) is 24.2 Å². The van der Waals surface area contributed by atoms with Gasteiger partial charge in [-0.15, -0.1) is 0 Å². The number of benzene rings is 2. The monoisotopic (exact) mass is 417 g/mol. The summed E-state index contributed by atoms with van der Waals surface area (Å²) in [6, 6.07) is 16.8. The molecule has 2 aromatic carbocycles. The van der Waals surface area contributed by atoms with Crippen LogP contribution in [0.15, 0.2) is 48.5 Å². The molecule has 4 bridgehead atoms. The second kappa shape index (κ2) is 7.01. The average Bonchev–Trinajstić information content (AvgIpc) is 2.77. The van der Waals surface area contributed by atoms with Crippen LogP contribution < -0.4 is 14.8 Å². The van der Waals surface area contributed by atoms with E-state index in [-0.39, 0.29) is 22.8 Å². The third kappa shape index (κ3) is 3.22. The number of carbonyl (C=O) groups is 1. The first kappa shape index (κ1) is 19.2. The molecule has 31 heavy (non-hydrogen) atoms. The molecule has 0 radical (unpaired) electrons. The largest absolute Gasteiger partial charge is 0.486 e. The number of fused-ring (bicyclic) bond motifs is 1. The second-order valence-corrected chi connectivity index (χ2v) is 10.6. The van der Waals surface area contributed by atoms with Gasteiger partial charge in [0.1, 0.15) is 12.7 Å². The maximum Gasteiger partial charge on any atom is 0.226 e. The van der Waals surface area contributed by atoms with E-state index in [9.17, 15) is 4.79 Å².